The molecule has 176 valence electrons. The highest BCUT2D eigenvalue weighted by Gasteiger charge is 2.41. The normalized spacial score (nSPS) is 17.2. The Balaban J connectivity index is 1.60. The zero-order valence-electron chi connectivity index (χ0n) is 19.4. The lowest BCUT2D eigenvalue weighted by molar-refractivity contribution is -0.114. The number of nitrogens with zero attached hydrogens (tertiary/aromatic N) is 3. The van der Waals surface area contributed by atoms with Crippen LogP contribution in [0.2, 0.25) is 0 Å². The summed E-state index contributed by atoms with van der Waals surface area (Å²) < 4.78 is 7.55. The number of carbonyl (C=O) groups is 1. The Kier molecular flexibility index (Phi) is 6.20. The van der Waals surface area contributed by atoms with E-state index in [1.54, 1.807) is 13.3 Å². The molecular weight excluding hydrogens is 458 g/mol. The molecule has 0 saturated carbocycles. The number of hydrogen-bond acceptors (Lipinski definition) is 4. The average molecular weight is 484 g/mol. The van der Waals surface area contributed by atoms with Gasteiger partial charge in [-0.15, -0.1) is 0 Å². The molecule has 7 nitrogen and oxygen atoms in total. The minimum atomic E-state index is -0.176. The summed E-state index contributed by atoms with van der Waals surface area (Å²) in [7, 11) is 1.58. The zero-order chi connectivity index (χ0) is 24.4. The van der Waals surface area contributed by atoms with Crippen LogP contribution in [0.25, 0.3) is 5.69 Å². The van der Waals surface area contributed by atoms with E-state index >= 15 is 0 Å². The van der Waals surface area contributed by atoms with Gasteiger partial charge in [0.25, 0.3) is 0 Å². The number of anilines is 2. The largest absolute Gasteiger partial charge is 0.495 e. The number of thiocarbonyl (C=S) groups is 1. The maximum Gasteiger partial charge on any atom is 0.221 e. The molecule has 2 atom stereocenters. The Morgan fingerprint density at radius 2 is 1.86 bits per heavy atom. The fraction of sp³-hybridized carbons (Fsp3) is 0.148. The molecule has 1 aliphatic rings. The second kappa shape index (κ2) is 9.60. The molecule has 2 N–H and O–H groups in total. The van der Waals surface area contributed by atoms with Crippen molar-refractivity contribution < 1.29 is 9.53 Å². The molecule has 4 aromatic rings. The van der Waals surface area contributed by atoms with Crippen LogP contribution >= 0.6 is 12.2 Å². The van der Waals surface area contributed by atoms with Crippen molar-refractivity contribution in [2.45, 2.75) is 19.0 Å². The number of amides is 1. The molecule has 0 bridgehead atoms. The van der Waals surface area contributed by atoms with Gasteiger partial charge in [-0.1, -0.05) is 24.3 Å². The Bertz CT molecular complexity index is 1360. The van der Waals surface area contributed by atoms with Gasteiger partial charge in [-0.05, 0) is 66.3 Å². The van der Waals surface area contributed by atoms with Crippen molar-refractivity contribution in [1.82, 2.24) is 14.9 Å². The number of methoxy groups -OCH3 is 1. The first kappa shape index (κ1) is 22.6. The summed E-state index contributed by atoms with van der Waals surface area (Å²) in [4.78, 5) is 18.5. The Hall–Kier alpha value is -4.17. The molecule has 1 amide bonds. The molecule has 2 aromatic heterocycles. The van der Waals surface area contributed by atoms with E-state index in [2.05, 4.69) is 55.7 Å². The monoisotopic (exact) mass is 483 g/mol. The summed E-state index contributed by atoms with van der Waals surface area (Å²) in [6, 6.07) is 23.5. The predicted octanol–water partition coefficient (Wildman–Crippen LogP) is 5.02. The van der Waals surface area contributed by atoms with E-state index in [9.17, 15) is 4.79 Å². The van der Waals surface area contributed by atoms with Crippen LogP contribution in [0.1, 0.15) is 30.3 Å². The van der Waals surface area contributed by atoms with Gasteiger partial charge in [0.15, 0.2) is 5.11 Å². The van der Waals surface area contributed by atoms with Gasteiger partial charge in [0.05, 0.1) is 30.6 Å². The topological polar surface area (TPSA) is 71.4 Å². The van der Waals surface area contributed by atoms with Crippen LogP contribution in [0, 0.1) is 0 Å². The van der Waals surface area contributed by atoms with Gasteiger partial charge in [-0.2, -0.15) is 0 Å². The van der Waals surface area contributed by atoms with Gasteiger partial charge in [-0.3, -0.25) is 9.78 Å². The number of ether oxygens (including phenoxy) is 1. The maximum atomic E-state index is 11.8. The van der Waals surface area contributed by atoms with Crippen LogP contribution in [0.15, 0.2) is 91.4 Å². The lowest BCUT2D eigenvalue weighted by Gasteiger charge is -2.28. The molecule has 0 unspecified atom stereocenters. The van der Waals surface area contributed by atoms with E-state index in [1.807, 2.05) is 54.6 Å². The minimum absolute atomic E-state index is 0.165. The molecule has 0 spiro atoms. The smallest absolute Gasteiger partial charge is 0.221 e. The van der Waals surface area contributed by atoms with E-state index in [4.69, 9.17) is 17.0 Å². The molecule has 8 heteroatoms. The summed E-state index contributed by atoms with van der Waals surface area (Å²) in [6.07, 6.45) is 5.96. The number of para-hydroxylation sites is 1. The molecule has 1 aliphatic heterocycles. The fourth-order valence-electron chi connectivity index (χ4n) is 4.45. The Labute approximate surface area is 209 Å². The summed E-state index contributed by atoms with van der Waals surface area (Å²) in [6.45, 7) is 1.47. The van der Waals surface area contributed by atoms with Gasteiger partial charge in [0, 0.05) is 36.9 Å². The van der Waals surface area contributed by atoms with Crippen molar-refractivity contribution in [3.63, 3.8) is 0 Å². The first-order valence-electron chi connectivity index (χ1n) is 11.2. The molecular formula is C27H25N5O2S. The number of aromatic nitrogens is 2. The quantitative estimate of drug-likeness (QED) is 0.376. The summed E-state index contributed by atoms with van der Waals surface area (Å²) >= 11 is 5.83. The van der Waals surface area contributed by atoms with E-state index in [1.165, 1.54) is 6.92 Å². The number of benzene rings is 2. The molecule has 3 heterocycles. The van der Waals surface area contributed by atoms with Crippen molar-refractivity contribution in [3.05, 3.63) is 103 Å². The number of hydrogen-bond donors (Lipinski definition) is 2. The molecule has 2 aromatic carbocycles. The van der Waals surface area contributed by atoms with E-state index in [-0.39, 0.29) is 18.0 Å². The Morgan fingerprint density at radius 3 is 2.57 bits per heavy atom. The molecule has 1 fully saturated rings. The summed E-state index contributed by atoms with van der Waals surface area (Å²) in [5.74, 6) is 0.403. The number of nitrogens with one attached hydrogen (secondary N) is 2. The predicted molar refractivity (Wildman–Crippen MR) is 141 cm³/mol. The highest BCUT2D eigenvalue weighted by atomic mass is 32.1. The molecule has 0 radical (unpaired) electrons. The van der Waals surface area contributed by atoms with E-state index < -0.39 is 0 Å². The third-order valence-electron chi connectivity index (χ3n) is 5.98. The third-order valence-corrected chi connectivity index (χ3v) is 6.30. The van der Waals surface area contributed by atoms with E-state index in [0.717, 1.165) is 22.6 Å². The Morgan fingerprint density at radius 1 is 1.06 bits per heavy atom. The second-order valence-electron chi connectivity index (χ2n) is 8.25. The number of rotatable bonds is 6. The van der Waals surface area contributed by atoms with Crippen LogP contribution in [0.5, 0.6) is 5.75 Å². The van der Waals surface area contributed by atoms with Gasteiger partial charge in [0.2, 0.25) is 5.91 Å². The van der Waals surface area contributed by atoms with Crippen LogP contribution in [0.4, 0.5) is 11.4 Å². The summed E-state index contributed by atoms with van der Waals surface area (Å²) in [5, 5.41) is 6.91. The fourth-order valence-corrected chi connectivity index (χ4v) is 4.80. The van der Waals surface area contributed by atoms with Crippen molar-refractivity contribution in [2.75, 3.05) is 17.3 Å². The second-order valence-corrected chi connectivity index (χ2v) is 8.64. The first-order chi connectivity index (χ1) is 17.0. The van der Waals surface area contributed by atoms with Gasteiger partial charge in [-0.25, -0.2) is 0 Å². The van der Waals surface area contributed by atoms with Crippen molar-refractivity contribution >= 4 is 34.6 Å². The first-order valence-corrected chi connectivity index (χ1v) is 11.7. The molecule has 0 aliphatic carbocycles. The molecule has 1 saturated heterocycles. The van der Waals surface area contributed by atoms with E-state index in [0.29, 0.717) is 16.5 Å². The average Bonchev–Trinajstić information content (AvgIpc) is 3.49. The standard InChI is InChI=1S/C27H25N5O2S/c1-18(33)29-23-16-21(11-12-24(23)34-2)32-26(25(30-27(32)35)22-10-6-7-14-28-22)19-13-15-31(17-19)20-8-4-3-5-9-20/h3-17,25-26H,1-2H3,(H,29,33)(H,30,35)/t25-,26+/m0/s1. The lowest BCUT2D eigenvalue weighted by Crippen LogP contribution is -2.29. The number of pyridine rings is 1. The maximum absolute atomic E-state index is 11.8. The molecule has 35 heavy (non-hydrogen) atoms. The van der Waals surface area contributed by atoms with Crippen molar-refractivity contribution in [3.8, 4) is 11.4 Å². The van der Waals surface area contributed by atoms with Crippen molar-refractivity contribution in [2.24, 2.45) is 0 Å². The van der Waals surface area contributed by atoms with Crippen LogP contribution in [-0.2, 0) is 4.79 Å². The number of carbonyl (C=O) groups excluding carboxylic acids is 1. The molecule has 5 rings (SSSR count). The van der Waals surface area contributed by atoms with Crippen molar-refractivity contribution in [1.29, 1.82) is 0 Å². The van der Waals surface area contributed by atoms with Crippen LogP contribution < -0.4 is 20.3 Å². The highest BCUT2D eigenvalue weighted by molar-refractivity contribution is 7.80. The third kappa shape index (κ3) is 4.48. The van der Waals surface area contributed by atoms with Gasteiger partial charge >= 0.3 is 0 Å². The lowest BCUT2D eigenvalue weighted by atomic mass is 9.98. The summed E-state index contributed by atoms with van der Waals surface area (Å²) in [5.41, 5.74) is 4.47. The van der Waals surface area contributed by atoms with Gasteiger partial charge in [0.1, 0.15) is 5.75 Å². The zero-order valence-corrected chi connectivity index (χ0v) is 20.2. The highest BCUT2D eigenvalue weighted by Crippen LogP contribution is 2.43. The van der Waals surface area contributed by atoms with Crippen LogP contribution in [-0.4, -0.2) is 27.7 Å². The minimum Gasteiger partial charge on any atom is -0.495 e. The SMILES string of the molecule is COc1ccc(N2C(=S)N[C@@H](c3ccccn3)[C@H]2c2ccn(-c3ccccc3)c2)cc1NC(C)=O. The van der Waals surface area contributed by atoms with Crippen LogP contribution in [0.3, 0.4) is 0 Å². The van der Waals surface area contributed by atoms with Gasteiger partial charge < -0.3 is 24.8 Å².